The van der Waals surface area contributed by atoms with Crippen LogP contribution >= 0.6 is 0 Å². The van der Waals surface area contributed by atoms with E-state index >= 15 is 0 Å². The Labute approximate surface area is 109 Å². The van der Waals surface area contributed by atoms with E-state index in [4.69, 9.17) is 5.73 Å². The standard InChI is InChI=1S/C14H11N3O2/c15-14(18)17(16-19)13-7-3-6-11-10-5-2-1-4-9(10)8-12(11)13/h1-7H,8H2,(H2,15,18). The quantitative estimate of drug-likeness (QED) is 0.563. The monoisotopic (exact) mass is 253 g/mol. The third-order valence-electron chi connectivity index (χ3n) is 3.34. The summed E-state index contributed by atoms with van der Waals surface area (Å²) in [5.41, 5.74) is 9.83. The average Bonchev–Trinajstić information content (AvgIpc) is 2.79. The van der Waals surface area contributed by atoms with Gasteiger partial charge in [-0.05, 0) is 28.3 Å². The van der Waals surface area contributed by atoms with Crippen molar-refractivity contribution >= 4 is 11.7 Å². The lowest BCUT2D eigenvalue weighted by atomic mass is 10.0. The summed E-state index contributed by atoms with van der Waals surface area (Å²) in [6.45, 7) is 0. The SMILES string of the molecule is NC(=O)N(N=O)c1cccc2c1Cc1ccccc1-2. The molecule has 5 heteroatoms. The largest absolute Gasteiger partial charge is 0.350 e. The van der Waals surface area contributed by atoms with Gasteiger partial charge in [-0.3, -0.25) is 0 Å². The molecular formula is C14H11N3O2. The third kappa shape index (κ3) is 1.67. The number of urea groups is 1. The van der Waals surface area contributed by atoms with Crippen LogP contribution in [-0.2, 0) is 6.42 Å². The third-order valence-corrected chi connectivity index (χ3v) is 3.34. The van der Waals surface area contributed by atoms with Crippen molar-refractivity contribution in [2.45, 2.75) is 6.42 Å². The maximum Gasteiger partial charge on any atom is 0.342 e. The van der Waals surface area contributed by atoms with Crippen molar-refractivity contribution in [2.24, 2.45) is 11.0 Å². The van der Waals surface area contributed by atoms with Gasteiger partial charge in [0, 0.05) is 6.42 Å². The topological polar surface area (TPSA) is 75.8 Å². The predicted molar refractivity (Wildman–Crippen MR) is 72.5 cm³/mol. The fourth-order valence-corrected chi connectivity index (χ4v) is 2.54. The van der Waals surface area contributed by atoms with Gasteiger partial charge >= 0.3 is 6.03 Å². The zero-order valence-electron chi connectivity index (χ0n) is 10.0. The van der Waals surface area contributed by atoms with Crippen LogP contribution in [0, 0.1) is 4.91 Å². The molecule has 0 saturated heterocycles. The number of nitroso groups, excluding NO2 is 1. The van der Waals surface area contributed by atoms with Crippen LogP contribution in [-0.4, -0.2) is 6.03 Å². The number of anilines is 1. The van der Waals surface area contributed by atoms with Crippen LogP contribution in [0.15, 0.2) is 47.8 Å². The predicted octanol–water partition coefficient (Wildman–Crippen LogP) is 2.82. The van der Waals surface area contributed by atoms with E-state index in [0.29, 0.717) is 17.1 Å². The summed E-state index contributed by atoms with van der Waals surface area (Å²) < 4.78 is 0. The highest BCUT2D eigenvalue weighted by Crippen LogP contribution is 2.41. The lowest BCUT2D eigenvalue weighted by molar-refractivity contribution is 0.254. The van der Waals surface area contributed by atoms with Crippen molar-refractivity contribution in [2.75, 3.05) is 5.01 Å². The molecule has 0 aliphatic heterocycles. The highest BCUT2D eigenvalue weighted by molar-refractivity contribution is 5.94. The number of amides is 2. The molecular weight excluding hydrogens is 242 g/mol. The summed E-state index contributed by atoms with van der Waals surface area (Å²) in [6.07, 6.45) is 0.668. The summed E-state index contributed by atoms with van der Waals surface area (Å²) in [4.78, 5) is 22.1. The number of nitrogens with two attached hydrogens (primary N) is 1. The van der Waals surface area contributed by atoms with Gasteiger partial charge in [-0.15, -0.1) is 9.92 Å². The van der Waals surface area contributed by atoms with Crippen molar-refractivity contribution in [1.82, 2.24) is 0 Å². The number of carbonyl (C=O) groups excluding carboxylic acids is 1. The average molecular weight is 253 g/mol. The molecule has 2 aromatic rings. The second kappa shape index (κ2) is 4.20. The van der Waals surface area contributed by atoms with Gasteiger partial charge in [0.05, 0.1) is 11.0 Å². The molecule has 5 nitrogen and oxygen atoms in total. The van der Waals surface area contributed by atoms with Crippen LogP contribution in [0.5, 0.6) is 0 Å². The van der Waals surface area contributed by atoms with Crippen LogP contribution in [0.4, 0.5) is 10.5 Å². The highest BCUT2D eigenvalue weighted by Gasteiger charge is 2.25. The number of fused-ring (bicyclic) bond motifs is 3. The Morgan fingerprint density at radius 1 is 1.11 bits per heavy atom. The van der Waals surface area contributed by atoms with Gasteiger partial charge in [0.25, 0.3) is 0 Å². The summed E-state index contributed by atoms with van der Waals surface area (Å²) in [6, 6.07) is 12.5. The number of rotatable bonds is 2. The van der Waals surface area contributed by atoms with Crippen LogP contribution in [0.3, 0.4) is 0 Å². The first-order valence-corrected chi connectivity index (χ1v) is 5.85. The van der Waals surface area contributed by atoms with Gasteiger partial charge in [-0.25, -0.2) is 4.79 Å². The number of benzene rings is 2. The van der Waals surface area contributed by atoms with E-state index in [1.54, 1.807) is 12.1 Å². The normalized spacial score (nSPS) is 11.6. The first-order chi connectivity index (χ1) is 9.22. The van der Waals surface area contributed by atoms with E-state index in [0.717, 1.165) is 16.7 Å². The van der Waals surface area contributed by atoms with E-state index in [1.165, 1.54) is 5.56 Å². The zero-order chi connectivity index (χ0) is 13.4. The smallest absolute Gasteiger partial charge is 0.342 e. The molecule has 0 heterocycles. The summed E-state index contributed by atoms with van der Waals surface area (Å²) in [5.74, 6) is 0. The molecule has 19 heavy (non-hydrogen) atoms. The Morgan fingerprint density at radius 2 is 1.84 bits per heavy atom. The maximum absolute atomic E-state index is 11.3. The second-order valence-corrected chi connectivity index (χ2v) is 4.37. The summed E-state index contributed by atoms with van der Waals surface area (Å²) in [5, 5.41) is 3.41. The molecule has 0 bridgehead atoms. The Hall–Kier alpha value is -2.69. The molecule has 2 amide bonds. The molecule has 0 fully saturated rings. The minimum atomic E-state index is -0.876. The minimum absolute atomic E-state index is 0.455. The molecule has 0 spiro atoms. The molecule has 0 unspecified atom stereocenters. The van der Waals surface area contributed by atoms with E-state index in [9.17, 15) is 9.70 Å². The van der Waals surface area contributed by atoms with Crippen molar-refractivity contribution in [1.29, 1.82) is 0 Å². The lowest BCUT2D eigenvalue weighted by Gasteiger charge is -2.14. The molecule has 2 N–H and O–H groups in total. The lowest BCUT2D eigenvalue weighted by Crippen LogP contribution is -2.31. The van der Waals surface area contributed by atoms with E-state index in [2.05, 4.69) is 5.29 Å². The van der Waals surface area contributed by atoms with Gasteiger partial charge in [-0.2, -0.15) is 0 Å². The van der Waals surface area contributed by atoms with Crippen molar-refractivity contribution in [3.63, 3.8) is 0 Å². The van der Waals surface area contributed by atoms with Crippen LogP contribution < -0.4 is 10.7 Å². The number of hydrogen-bond donors (Lipinski definition) is 1. The second-order valence-electron chi connectivity index (χ2n) is 4.37. The molecule has 0 aromatic heterocycles. The molecule has 2 aromatic carbocycles. The van der Waals surface area contributed by atoms with Gasteiger partial charge in [0.2, 0.25) is 0 Å². The summed E-state index contributed by atoms with van der Waals surface area (Å²) in [7, 11) is 0. The van der Waals surface area contributed by atoms with E-state index < -0.39 is 6.03 Å². The highest BCUT2D eigenvalue weighted by atomic mass is 16.3. The van der Waals surface area contributed by atoms with Gasteiger partial charge in [-0.1, -0.05) is 36.4 Å². The minimum Gasteiger partial charge on any atom is -0.350 e. The van der Waals surface area contributed by atoms with Crippen LogP contribution in [0.2, 0.25) is 0 Å². The Morgan fingerprint density at radius 3 is 2.58 bits per heavy atom. The Kier molecular flexibility index (Phi) is 2.52. The number of hydrogen-bond acceptors (Lipinski definition) is 3. The molecule has 3 rings (SSSR count). The van der Waals surface area contributed by atoms with Crippen molar-refractivity contribution < 1.29 is 4.79 Å². The van der Waals surface area contributed by atoms with Crippen molar-refractivity contribution in [3.8, 4) is 11.1 Å². The van der Waals surface area contributed by atoms with Gasteiger partial charge < -0.3 is 5.73 Å². The number of nitrogens with zero attached hydrogens (tertiary/aromatic N) is 2. The fraction of sp³-hybridized carbons (Fsp3) is 0.0714. The van der Waals surface area contributed by atoms with Gasteiger partial charge in [0.15, 0.2) is 0 Å². The molecule has 1 aliphatic rings. The molecule has 1 aliphatic carbocycles. The van der Waals surface area contributed by atoms with Gasteiger partial charge in [0.1, 0.15) is 0 Å². The molecule has 0 saturated carbocycles. The molecule has 0 radical (unpaired) electrons. The Balaban J connectivity index is 2.18. The number of carbonyl (C=O) groups is 1. The van der Waals surface area contributed by atoms with Crippen LogP contribution in [0.1, 0.15) is 11.1 Å². The Bertz CT molecular complexity index is 682. The van der Waals surface area contributed by atoms with E-state index in [1.807, 2.05) is 30.3 Å². The maximum atomic E-state index is 11.3. The van der Waals surface area contributed by atoms with E-state index in [-0.39, 0.29) is 0 Å². The first kappa shape index (κ1) is 11.4. The molecule has 94 valence electrons. The fourth-order valence-electron chi connectivity index (χ4n) is 2.54. The zero-order valence-corrected chi connectivity index (χ0v) is 10.0. The molecule has 0 atom stereocenters. The van der Waals surface area contributed by atoms with Crippen molar-refractivity contribution in [3.05, 3.63) is 58.5 Å². The number of primary amides is 1. The first-order valence-electron chi connectivity index (χ1n) is 5.85. The van der Waals surface area contributed by atoms with Crippen LogP contribution in [0.25, 0.3) is 11.1 Å². The summed E-state index contributed by atoms with van der Waals surface area (Å²) >= 11 is 0.